The fraction of sp³-hybridized carbons (Fsp3) is 1.00. The van der Waals surface area contributed by atoms with Crippen LogP contribution in [0.2, 0.25) is 0 Å². The molecule has 5 heteroatoms. The molecule has 1 saturated heterocycles. The number of alkyl halides is 3. The van der Waals surface area contributed by atoms with E-state index >= 15 is 0 Å². The summed E-state index contributed by atoms with van der Waals surface area (Å²) in [4.78, 5) is 1.83. The van der Waals surface area contributed by atoms with Gasteiger partial charge in [-0.15, -0.1) is 0 Å². The number of hydrogen-bond acceptors (Lipinski definition) is 2. The molecule has 0 spiro atoms. The summed E-state index contributed by atoms with van der Waals surface area (Å²) in [6.07, 6.45) is -3.37. The smallest absolute Gasteiger partial charge is 0.380 e. The van der Waals surface area contributed by atoms with Gasteiger partial charge >= 0.3 is 6.18 Å². The van der Waals surface area contributed by atoms with E-state index in [2.05, 4.69) is 0 Å². The standard InChI is InChI=1S/C9H16F3NO/c1-8(14,9(10,11)12)7-4-3-5-13(2)6-7/h7,14H,3-6H2,1-2H3. The molecule has 1 heterocycles. The summed E-state index contributed by atoms with van der Waals surface area (Å²) < 4.78 is 37.4. The first-order valence-electron chi connectivity index (χ1n) is 4.73. The average molecular weight is 211 g/mol. The maximum atomic E-state index is 12.5. The molecule has 0 aliphatic carbocycles. The molecule has 0 saturated carbocycles. The molecule has 84 valence electrons. The normalized spacial score (nSPS) is 30.0. The monoisotopic (exact) mass is 211 g/mol. The summed E-state index contributed by atoms with van der Waals surface area (Å²) in [5.41, 5.74) is -2.55. The lowest BCUT2D eigenvalue weighted by Crippen LogP contribution is -2.53. The van der Waals surface area contributed by atoms with Crippen LogP contribution < -0.4 is 0 Å². The van der Waals surface area contributed by atoms with E-state index in [0.717, 1.165) is 13.5 Å². The summed E-state index contributed by atoms with van der Waals surface area (Å²) in [7, 11) is 1.78. The van der Waals surface area contributed by atoms with Gasteiger partial charge in [-0.3, -0.25) is 0 Å². The summed E-state index contributed by atoms with van der Waals surface area (Å²) >= 11 is 0. The van der Waals surface area contributed by atoms with Gasteiger partial charge in [-0.2, -0.15) is 13.2 Å². The average Bonchev–Trinajstić information content (AvgIpc) is 2.02. The quantitative estimate of drug-likeness (QED) is 0.712. The minimum absolute atomic E-state index is 0.312. The number of piperidine rings is 1. The van der Waals surface area contributed by atoms with Gasteiger partial charge in [0.15, 0.2) is 5.60 Å². The Bertz CT molecular complexity index is 203. The highest BCUT2D eigenvalue weighted by Crippen LogP contribution is 2.39. The highest BCUT2D eigenvalue weighted by atomic mass is 19.4. The molecule has 0 aromatic heterocycles. The Morgan fingerprint density at radius 1 is 1.36 bits per heavy atom. The van der Waals surface area contributed by atoms with Crippen molar-refractivity contribution in [1.29, 1.82) is 0 Å². The minimum Gasteiger partial charge on any atom is -0.380 e. The third-order valence-electron chi connectivity index (χ3n) is 2.99. The Hall–Kier alpha value is -0.290. The van der Waals surface area contributed by atoms with E-state index in [-0.39, 0.29) is 0 Å². The molecule has 1 fully saturated rings. The zero-order valence-corrected chi connectivity index (χ0v) is 8.43. The van der Waals surface area contributed by atoms with Crippen molar-refractivity contribution in [3.05, 3.63) is 0 Å². The van der Waals surface area contributed by atoms with Crippen LogP contribution in [0.5, 0.6) is 0 Å². The second kappa shape index (κ2) is 3.70. The van der Waals surface area contributed by atoms with Crippen LogP contribution in [0.1, 0.15) is 19.8 Å². The Morgan fingerprint density at radius 2 is 1.93 bits per heavy atom. The van der Waals surface area contributed by atoms with Gasteiger partial charge < -0.3 is 10.0 Å². The third kappa shape index (κ3) is 2.20. The fourth-order valence-corrected chi connectivity index (χ4v) is 1.86. The first kappa shape index (κ1) is 11.8. The molecule has 0 amide bonds. The lowest BCUT2D eigenvalue weighted by molar-refractivity contribution is -0.275. The maximum absolute atomic E-state index is 12.5. The van der Waals surface area contributed by atoms with Crippen LogP contribution in [0.4, 0.5) is 13.2 Å². The number of rotatable bonds is 1. The van der Waals surface area contributed by atoms with Gasteiger partial charge in [-0.25, -0.2) is 0 Å². The van der Waals surface area contributed by atoms with Crippen molar-refractivity contribution in [3.63, 3.8) is 0 Å². The van der Waals surface area contributed by atoms with Crippen LogP contribution in [0.15, 0.2) is 0 Å². The summed E-state index contributed by atoms with van der Waals surface area (Å²) in [6, 6.07) is 0. The summed E-state index contributed by atoms with van der Waals surface area (Å²) in [5.74, 6) is -0.707. The zero-order valence-electron chi connectivity index (χ0n) is 8.43. The Balaban J connectivity index is 2.71. The molecule has 0 aromatic carbocycles. The van der Waals surface area contributed by atoms with Crippen molar-refractivity contribution < 1.29 is 18.3 Å². The number of halogens is 3. The van der Waals surface area contributed by atoms with Crippen LogP contribution >= 0.6 is 0 Å². The third-order valence-corrected chi connectivity index (χ3v) is 2.99. The van der Waals surface area contributed by atoms with E-state index in [1.165, 1.54) is 0 Å². The number of aliphatic hydroxyl groups is 1. The lowest BCUT2D eigenvalue weighted by Gasteiger charge is -2.39. The first-order chi connectivity index (χ1) is 6.25. The topological polar surface area (TPSA) is 23.5 Å². The van der Waals surface area contributed by atoms with Crippen molar-refractivity contribution in [3.8, 4) is 0 Å². The zero-order chi connectivity index (χ0) is 11.0. The molecule has 0 radical (unpaired) electrons. The van der Waals surface area contributed by atoms with Gasteiger partial charge in [-0.1, -0.05) is 0 Å². The Labute approximate surface area is 81.7 Å². The van der Waals surface area contributed by atoms with Gasteiger partial charge in [0, 0.05) is 12.5 Å². The van der Waals surface area contributed by atoms with Crippen molar-refractivity contribution in [2.75, 3.05) is 20.1 Å². The van der Waals surface area contributed by atoms with E-state index in [9.17, 15) is 18.3 Å². The second-order valence-corrected chi connectivity index (χ2v) is 4.25. The molecular weight excluding hydrogens is 195 g/mol. The van der Waals surface area contributed by atoms with Gasteiger partial charge in [0.25, 0.3) is 0 Å². The van der Waals surface area contributed by atoms with Crippen LogP contribution in [0.3, 0.4) is 0 Å². The first-order valence-corrected chi connectivity index (χ1v) is 4.73. The van der Waals surface area contributed by atoms with E-state index in [1.54, 1.807) is 7.05 Å². The van der Waals surface area contributed by atoms with Crippen LogP contribution in [0.25, 0.3) is 0 Å². The van der Waals surface area contributed by atoms with E-state index in [4.69, 9.17) is 0 Å². The molecule has 0 bridgehead atoms. The van der Waals surface area contributed by atoms with E-state index < -0.39 is 17.7 Å². The SMILES string of the molecule is CN1CCCC(C(C)(O)C(F)(F)F)C1. The van der Waals surface area contributed by atoms with Gasteiger partial charge in [0.2, 0.25) is 0 Å². The van der Waals surface area contributed by atoms with Crippen molar-refractivity contribution in [1.82, 2.24) is 4.90 Å². The molecule has 1 N–H and O–H groups in total. The Morgan fingerprint density at radius 3 is 2.36 bits per heavy atom. The van der Waals surface area contributed by atoms with Crippen molar-refractivity contribution >= 4 is 0 Å². The lowest BCUT2D eigenvalue weighted by atomic mass is 9.82. The predicted octanol–water partition coefficient (Wildman–Crippen LogP) is 1.64. The molecule has 2 atom stereocenters. The van der Waals surface area contributed by atoms with Crippen molar-refractivity contribution in [2.24, 2.45) is 5.92 Å². The highest BCUT2D eigenvalue weighted by Gasteiger charge is 2.54. The minimum atomic E-state index is -4.53. The fourth-order valence-electron chi connectivity index (χ4n) is 1.86. The van der Waals surface area contributed by atoms with Gasteiger partial charge in [-0.05, 0) is 33.4 Å². The molecule has 2 nitrogen and oxygen atoms in total. The van der Waals surface area contributed by atoms with Crippen LogP contribution in [0, 0.1) is 5.92 Å². The Kier molecular flexibility index (Phi) is 3.11. The molecule has 0 aromatic rings. The molecule has 1 rings (SSSR count). The number of nitrogens with zero attached hydrogens (tertiary/aromatic N) is 1. The highest BCUT2D eigenvalue weighted by molar-refractivity contribution is 4.92. The molecule has 1 aliphatic heterocycles. The molecule has 1 aliphatic rings. The molecule has 14 heavy (non-hydrogen) atoms. The van der Waals surface area contributed by atoms with Gasteiger partial charge in [0.05, 0.1) is 0 Å². The second-order valence-electron chi connectivity index (χ2n) is 4.25. The van der Waals surface area contributed by atoms with Crippen molar-refractivity contribution in [2.45, 2.75) is 31.5 Å². The van der Waals surface area contributed by atoms with Crippen LogP contribution in [-0.2, 0) is 0 Å². The molecule has 2 unspecified atom stereocenters. The largest absolute Gasteiger partial charge is 0.417 e. The maximum Gasteiger partial charge on any atom is 0.417 e. The van der Waals surface area contributed by atoms with E-state index in [1.807, 2.05) is 4.90 Å². The summed E-state index contributed by atoms with van der Waals surface area (Å²) in [5, 5.41) is 9.44. The van der Waals surface area contributed by atoms with E-state index in [0.29, 0.717) is 19.4 Å². The number of hydrogen-bond donors (Lipinski definition) is 1. The summed E-state index contributed by atoms with van der Waals surface area (Å²) in [6.45, 7) is 1.99. The predicted molar refractivity (Wildman–Crippen MR) is 46.9 cm³/mol. The number of likely N-dealkylation sites (tertiary alicyclic amines) is 1. The van der Waals surface area contributed by atoms with Crippen LogP contribution in [-0.4, -0.2) is 41.9 Å². The van der Waals surface area contributed by atoms with Gasteiger partial charge in [0.1, 0.15) is 0 Å². The molecular formula is C9H16F3NO.